The molecule has 7 nitrogen and oxygen atoms in total. The number of aliphatic hydroxyl groups is 1. The Morgan fingerprint density at radius 3 is 2.46 bits per heavy atom. The van der Waals surface area contributed by atoms with Crippen molar-refractivity contribution in [2.75, 3.05) is 14.2 Å². The van der Waals surface area contributed by atoms with Crippen molar-refractivity contribution < 1.29 is 19.4 Å². The quantitative estimate of drug-likeness (QED) is 0.553. The molecule has 132 valence electrons. The SMILES string of the molecule is COC(=O)c1ccc2nc(/C=C(\O)c3ccc(OC)cc3)c(=O)[nH]c2c1. The van der Waals surface area contributed by atoms with E-state index >= 15 is 0 Å². The normalized spacial score (nSPS) is 11.4. The monoisotopic (exact) mass is 352 g/mol. The highest BCUT2D eigenvalue weighted by Gasteiger charge is 2.10. The van der Waals surface area contributed by atoms with Crippen LogP contribution in [0, 0.1) is 0 Å². The zero-order chi connectivity index (χ0) is 18.7. The number of nitrogens with one attached hydrogen (secondary N) is 1. The fraction of sp³-hybridized carbons (Fsp3) is 0.105. The number of aromatic amines is 1. The standard InChI is InChI=1S/C19H16N2O5/c1-25-13-6-3-11(4-7-13)17(22)10-16-18(23)21-15-9-12(19(24)26-2)5-8-14(15)20-16/h3-10,22H,1-2H3,(H,21,23)/b17-10-. The van der Waals surface area contributed by atoms with Crippen molar-refractivity contribution in [3.8, 4) is 5.75 Å². The Morgan fingerprint density at radius 1 is 1.12 bits per heavy atom. The molecule has 3 aromatic rings. The third kappa shape index (κ3) is 3.41. The predicted molar refractivity (Wildman–Crippen MR) is 97.2 cm³/mol. The summed E-state index contributed by atoms with van der Waals surface area (Å²) in [6.07, 6.45) is 1.29. The highest BCUT2D eigenvalue weighted by molar-refractivity contribution is 5.93. The van der Waals surface area contributed by atoms with Crippen LogP contribution < -0.4 is 10.3 Å². The van der Waals surface area contributed by atoms with Crippen molar-refractivity contribution in [1.29, 1.82) is 0 Å². The second kappa shape index (κ2) is 7.10. The third-order valence-corrected chi connectivity index (χ3v) is 3.80. The number of nitrogens with zero attached hydrogens (tertiary/aromatic N) is 1. The second-order valence-corrected chi connectivity index (χ2v) is 5.43. The number of ether oxygens (including phenoxy) is 2. The van der Waals surface area contributed by atoms with Crippen LogP contribution >= 0.6 is 0 Å². The number of esters is 1. The number of H-pyrrole nitrogens is 1. The lowest BCUT2D eigenvalue weighted by atomic mass is 10.1. The fourth-order valence-electron chi connectivity index (χ4n) is 2.42. The largest absolute Gasteiger partial charge is 0.507 e. The summed E-state index contributed by atoms with van der Waals surface area (Å²) >= 11 is 0. The van der Waals surface area contributed by atoms with Gasteiger partial charge in [-0.3, -0.25) is 4.79 Å². The van der Waals surface area contributed by atoms with Crippen LogP contribution in [0.1, 0.15) is 21.6 Å². The molecule has 0 fully saturated rings. The summed E-state index contributed by atoms with van der Waals surface area (Å²) in [5, 5.41) is 10.2. The van der Waals surface area contributed by atoms with Gasteiger partial charge >= 0.3 is 5.97 Å². The first-order chi connectivity index (χ1) is 12.5. The van der Waals surface area contributed by atoms with E-state index in [1.807, 2.05) is 0 Å². The van der Waals surface area contributed by atoms with E-state index in [-0.39, 0.29) is 11.5 Å². The Labute approximate surface area is 148 Å². The number of hydrogen-bond acceptors (Lipinski definition) is 6. The number of methoxy groups -OCH3 is 2. The molecule has 2 aromatic carbocycles. The van der Waals surface area contributed by atoms with E-state index in [0.29, 0.717) is 27.9 Å². The first-order valence-corrected chi connectivity index (χ1v) is 7.69. The van der Waals surface area contributed by atoms with Gasteiger partial charge in [0.1, 0.15) is 17.2 Å². The number of aliphatic hydroxyl groups excluding tert-OH is 1. The summed E-state index contributed by atoms with van der Waals surface area (Å²) in [5.41, 5.74) is 1.27. The van der Waals surface area contributed by atoms with E-state index in [2.05, 4.69) is 14.7 Å². The first kappa shape index (κ1) is 17.2. The van der Waals surface area contributed by atoms with Crippen molar-refractivity contribution in [1.82, 2.24) is 9.97 Å². The smallest absolute Gasteiger partial charge is 0.337 e. The van der Waals surface area contributed by atoms with E-state index in [0.717, 1.165) is 0 Å². The summed E-state index contributed by atoms with van der Waals surface area (Å²) in [7, 11) is 2.83. The van der Waals surface area contributed by atoms with Crippen LogP contribution in [-0.4, -0.2) is 35.3 Å². The fourth-order valence-corrected chi connectivity index (χ4v) is 2.42. The van der Waals surface area contributed by atoms with E-state index < -0.39 is 11.5 Å². The summed E-state index contributed by atoms with van der Waals surface area (Å²) in [5.74, 6) is 0.0506. The molecular formula is C19H16N2O5. The molecule has 0 bridgehead atoms. The number of hydrogen-bond donors (Lipinski definition) is 2. The summed E-state index contributed by atoms with van der Waals surface area (Å²) in [6, 6.07) is 11.4. The number of fused-ring (bicyclic) bond motifs is 1. The molecule has 0 amide bonds. The Morgan fingerprint density at radius 2 is 1.81 bits per heavy atom. The number of carbonyl (C=O) groups is 1. The molecule has 0 aliphatic carbocycles. The van der Waals surface area contributed by atoms with Crippen LogP contribution in [0.2, 0.25) is 0 Å². The number of aromatic nitrogens is 2. The second-order valence-electron chi connectivity index (χ2n) is 5.43. The summed E-state index contributed by atoms with van der Waals surface area (Å²) < 4.78 is 9.72. The molecule has 0 aliphatic rings. The van der Waals surface area contributed by atoms with Gasteiger partial charge in [-0.1, -0.05) is 0 Å². The number of benzene rings is 2. The van der Waals surface area contributed by atoms with Gasteiger partial charge in [-0.05, 0) is 42.5 Å². The van der Waals surface area contributed by atoms with Gasteiger partial charge in [0.15, 0.2) is 0 Å². The van der Waals surface area contributed by atoms with Gasteiger partial charge in [0.2, 0.25) is 0 Å². The minimum atomic E-state index is -0.506. The lowest BCUT2D eigenvalue weighted by molar-refractivity contribution is 0.0601. The molecule has 26 heavy (non-hydrogen) atoms. The van der Waals surface area contributed by atoms with Crippen LogP contribution in [0.25, 0.3) is 22.9 Å². The topological polar surface area (TPSA) is 102 Å². The van der Waals surface area contributed by atoms with Crippen molar-refractivity contribution in [3.05, 3.63) is 69.6 Å². The van der Waals surface area contributed by atoms with Gasteiger partial charge in [-0.15, -0.1) is 0 Å². The maximum Gasteiger partial charge on any atom is 0.337 e. The van der Waals surface area contributed by atoms with Crippen molar-refractivity contribution >= 4 is 28.8 Å². The van der Waals surface area contributed by atoms with E-state index in [1.54, 1.807) is 43.5 Å². The Bertz CT molecular complexity index is 1050. The average Bonchev–Trinajstić information content (AvgIpc) is 2.67. The van der Waals surface area contributed by atoms with Crippen LogP contribution in [0.5, 0.6) is 5.75 Å². The number of carbonyl (C=O) groups excluding carboxylic acids is 1. The van der Waals surface area contributed by atoms with Gasteiger partial charge in [-0.25, -0.2) is 9.78 Å². The van der Waals surface area contributed by atoms with Crippen molar-refractivity contribution in [2.45, 2.75) is 0 Å². The highest BCUT2D eigenvalue weighted by Crippen LogP contribution is 2.18. The Kier molecular flexibility index (Phi) is 4.70. The van der Waals surface area contributed by atoms with Crippen molar-refractivity contribution in [2.24, 2.45) is 0 Å². The molecule has 2 N–H and O–H groups in total. The molecule has 0 radical (unpaired) electrons. The van der Waals surface area contributed by atoms with Gasteiger partial charge in [-0.2, -0.15) is 0 Å². The molecule has 0 saturated heterocycles. The average molecular weight is 352 g/mol. The summed E-state index contributed by atoms with van der Waals surface area (Å²) in [6.45, 7) is 0. The third-order valence-electron chi connectivity index (χ3n) is 3.80. The van der Waals surface area contributed by atoms with Crippen LogP contribution in [0.3, 0.4) is 0 Å². The first-order valence-electron chi connectivity index (χ1n) is 7.69. The van der Waals surface area contributed by atoms with E-state index in [4.69, 9.17) is 4.74 Å². The lowest BCUT2D eigenvalue weighted by Crippen LogP contribution is -2.12. The zero-order valence-electron chi connectivity index (χ0n) is 14.1. The molecule has 0 atom stereocenters. The highest BCUT2D eigenvalue weighted by atomic mass is 16.5. The lowest BCUT2D eigenvalue weighted by Gasteiger charge is -2.04. The molecule has 3 rings (SSSR count). The van der Waals surface area contributed by atoms with Crippen LogP contribution in [-0.2, 0) is 4.74 Å². The molecule has 0 saturated carbocycles. The Balaban J connectivity index is 2.00. The molecule has 0 aliphatic heterocycles. The van der Waals surface area contributed by atoms with Gasteiger partial charge in [0.05, 0.1) is 30.8 Å². The minimum Gasteiger partial charge on any atom is -0.507 e. The summed E-state index contributed by atoms with van der Waals surface area (Å²) in [4.78, 5) is 30.7. The maximum absolute atomic E-state index is 12.2. The molecule has 1 heterocycles. The van der Waals surface area contributed by atoms with Gasteiger partial charge < -0.3 is 19.6 Å². The number of rotatable bonds is 4. The van der Waals surface area contributed by atoms with Gasteiger partial charge in [0.25, 0.3) is 5.56 Å². The van der Waals surface area contributed by atoms with Crippen LogP contribution in [0.4, 0.5) is 0 Å². The zero-order valence-corrected chi connectivity index (χ0v) is 14.1. The molecule has 7 heteroatoms. The Hall–Kier alpha value is -3.61. The minimum absolute atomic E-state index is 0.0524. The molecule has 0 spiro atoms. The molecular weight excluding hydrogens is 336 g/mol. The molecule has 0 unspecified atom stereocenters. The predicted octanol–water partition coefficient (Wildman–Crippen LogP) is 2.77. The van der Waals surface area contributed by atoms with Gasteiger partial charge in [0, 0.05) is 11.6 Å². The van der Waals surface area contributed by atoms with Crippen molar-refractivity contribution in [3.63, 3.8) is 0 Å². The van der Waals surface area contributed by atoms with E-state index in [9.17, 15) is 14.7 Å². The molecule has 1 aromatic heterocycles. The van der Waals surface area contributed by atoms with Crippen LogP contribution in [0.15, 0.2) is 47.3 Å². The van der Waals surface area contributed by atoms with E-state index in [1.165, 1.54) is 19.3 Å². The maximum atomic E-state index is 12.2.